The molecule has 3 rings (SSSR count). The molecule has 3 aromatic rings. The van der Waals surface area contributed by atoms with Crippen LogP contribution < -0.4 is 20.7 Å². The van der Waals surface area contributed by atoms with Crippen LogP contribution in [0.25, 0.3) is 10.9 Å². The molecule has 164 valence electrons. The van der Waals surface area contributed by atoms with Crippen LogP contribution in [-0.4, -0.2) is 55.1 Å². The molecule has 2 heterocycles. The van der Waals surface area contributed by atoms with Crippen LogP contribution in [0.4, 0.5) is 17.2 Å². The number of hydrogen-bond acceptors (Lipinski definition) is 9. The number of anilines is 3. The zero-order valence-corrected chi connectivity index (χ0v) is 17.0. The topological polar surface area (TPSA) is 171 Å². The van der Waals surface area contributed by atoms with E-state index < -0.39 is 12.0 Å². The summed E-state index contributed by atoms with van der Waals surface area (Å²) in [5.41, 5.74) is 1.22. The lowest BCUT2D eigenvalue weighted by Gasteiger charge is -2.19. The number of amides is 2. The molecule has 0 spiro atoms. The van der Waals surface area contributed by atoms with Gasteiger partial charge in [0, 0.05) is 31.1 Å². The third-order valence-corrected chi connectivity index (χ3v) is 4.26. The highest BCUT2D eigenvalue weighted by Gasteiger charge is 2.25. The van der Waals surface area contributed by atoms with Crippen LogP contribution in [0.3, 0.4) is 0 Å². The number of carbonyl (C=O) groups excluding carboxylic acids is 2. The first-order chi connectivity index (χ1) is 14.6. The molecular weight excluding hydrogens is 408 g/mol. The average molecular weight is 430 g/mol. The molecule has 0 unspecified atom stereocenters. The van der Waals surface area contributed by atoms with Gasteiger partial charge in [0.15, 0.2) is 5.75 Å². The summed E-state index contributed by atoms with van der Waals surface area (Å²) in [4.78, 5) is 27.8. The molecule has 12 nitrogen and oxygen atoms in total. The number of aryl methyl sites for hydroxylation is 1. The molecule has 0 aliphatic heterocycles. The van der Waals surface area contributed by atoms with E-state index in [1.807, 2.05) is 13.0 Å². The predicted octanol–water partition coefficient (Wildman–Crippen LogP) is 0.480. The molecule has 0 bridgehead atoms. The number of carbonyl (C=O) groups is 2. The highest BCUT2D eigenvalue weighted by Crippen LogP contribution is 2.36. The minimum Gasteiger partial charge on any atom is -0.492 e. The summed E-state index contributed by atoms with van der Waals surface area (Å²) in [6.45, 7) is 3.84. The van der Waals surface area contributed by atoms with Gasteiger partial charge in [0.2, 0.25) is 5.91 Å². The highest BCUT2D eigenvalue weighted by molar-refractivity contribution is 6.02. The number of hydrogen-bond donors (Lipinski definition) is 6. The summed E-state index contributed by atoms with van der Waals surface area (Å²) in [5.74, 6) is -0.799. The van der Waals surface area contributed by atoms with E-state index in [0.29, 0.717) is 18.0 Å². The van der Waals surface area contributed by atoms with Gasteiger partial charge in [-0.05, 0) is 19.1 Å². The second-order valence-electron chi connectivity index (χ2n) is 6.56. The van der Waals surface area contributed by atoms with Crippen molar-refractivity contribution in [3.05, 3.63) is 36.2 Å². The molecule has 12 heteroatoms. The standard InChI is InChI=1S/C19H22N6O6/c1-4-25-16-11(8-21-25)5-6-13(17(16)31-3)23-14-7-15(22-10(2)26)20-9-12(14)18(27)24-19(28,29)30/h5-9,28-30H,4H2,1-3H3,(H,24,27)(H2,20,22,23,26). The maximum atomic E-state index is 12.4. The number of nitrogens with zero attached hydrogens (tertiary/aromatic N) is 3. The summed E-state index contributed by atoms with van der Waals surface area (Å²) in [7, 11) is 1.49. The number of nitrogens with one attached hydrogen (secondary N) is 3. The summed E-state index contributed by atoms with van der Waals surface area (Å²) in [6.07, 6.45) is -0.612. The number of fused-ring (bicyclic) bond motifs is 1. The van der Waals surface area contributed by atoms with Crippen molar-refractivity contribution in [1.82, 2.24) is 20.1 Å². The van der Waals surface area contributed by atoms with Gasteiger partial charge in [0.25, 0.3) is 5.91 Å². The molecular formula is C19H22N6O6. The number of rotatable bonds is 7. The van der Waals surface area contributed by atoms with Crippen LogP contribution in [0.15, 0.2) is 30.6 Å². The van der Waals surface area contributed by atoms with Gasteiger partial charge in [-0.2, -0.15) is 5.10 Å². The number of aliphatic hydroxyl groups is 3. The van der Waals surface area contributed by atoms with E-state index in [4.69, 9.17) is 20.1 Å². The zero-order valence-electron chi connectivity index (χ0n) is 17.0. The lowest BCUT2D eigenvalue weighted by molar-refractivity contribution is -0.323. The third-order valence-electron chi connectivity index (χ3n) is 4.26. The van der Waals surface area contributed by atoms with Gasteiger partial charge in [0.05, 0.1) is 30.2 Å². The van der Waals surface area contributed by atoms with E-state index in [-0.39, 0.29) is 23.0 Å². The smallest absolute Gasteiger partial charge is 0.369 e. The summed E-state index contributed by atoms with van der Waals surface area (Å²) in [5, 5.41) is 39.6. The first-order valence-electron chi connectivity index (χ1n) is 9.19. The van der Waals surface area contributed by atoms with Gasteiger partial charge in [-0.1, -0.05) is 0 Å². The fourth-order valence-corrected chi connectivity index (χ4v) is 3.04. The lowest BCUT2D eigenvalue weighted by atomic mass is 10.1. The van der Waals surface area contributed by atoms with Crippen LogP contribution >= 0.6 is 0 Å². The van der Waals surface area contributed by atoms with E-state index in [9.17, 15) is 9.59 Å². The number of ether oxygens (including phenoxy) is 1. The Morgan fingerprint density at radius 3 is 2.55 bits per heavy atom. The molecule has 6 N–H and O–H groups in total. The number of pyridine rings is 1. The summed E-state index contributed by atoms with van der Waals surface area (Å²) >= 11 is 0. The maximum Gasteiger partial charge on any atom is 0.369 e. The quantitative estimate of drug-likeness (QED) is 0.292. The van der Waals surface area contributed by atoms with Gasteiger partial charge >= 0.3 is 6.10 Å². The monoisotopic (exact) mass is 430 g/mol. The van der Waals surface area contributed by atoms with Gasteiger partial charge in [-0.15, -0.1) is 0 Å². The van der Waals surface area contributed by atoms with Crippen LogP contribution in [0, 0.1) is 0 Å². The Morgan fingerprint density at radius 2 is 1.94 bits per heavy atom. The Morgan fingerprint density at radius 1 is 1.19 bits per heavy atom. The van der Waals surface area contributed by atoms with E-state index in [1.165, 1.54) is 20.1 Å². The minimum atomic E-state index is -3.42. The van der Waals surface area contributed by atoms with Crippen LogP contribution in [-0.2, 0) is 11.3 Å². The lowest BCUT2D eigenvalue weighted by Crippen LogP contribution is -2.48. The van der Waals surface area contributed by atoms with E-state index in [2.05, 4.69) is 20.7 Å². The first kappa shape index (κ1) is 22.0. The molecule has 2 amide bonds. The Labute approximate surface area is 176 Å². The van der Waals surface area contributed by atoms with E-state index in [0.717, 1.165) is 17.1 Å². The fourth-order valence-electron chi connectivity index (χ4n) is 3.04. The van der Waals surface area contributed by atoms with Crippen molar-refractivity contribution in [2.45, 2.75) is 26.5 Å². The van der Waals surface area contributed by atoms with Crippen molar-refractivity contribution >= 4 is 39.9 Å². The molecule has 0 fully saturated rings. The fraction of sp³-hybridized carbons (Fsp3) is 0.263. The van der Waals surface area contributed by atoms with Gasteiger partial charge < -0.3 is 30.7 Å². The Hall–Kier alpha value is -3.74. The molecule has 0 atom stereocenters. The largest absolute Gasteiger partial charge is 0.492 e. The molecule has 0 saturated heterocycles. The molecule has 0 saturated carbocycles. The molecule has 2 aromatic heterocycles. The summed E-state index contributed by atoms with van der Waals surface area (Å²) < 4.78 is 7.33. The zero-order chi connectivity index (χ0) is 22.8. The second kappa shape index (κ2) is 8.55. The maximum absolute atomic E-state index is 12.4. The molecule has 0 aliphatic carbocycles. The SMILES string of the molecule is CCn1ncc2ccc(Nc3cc(NC(C)=O)ncc3C(=O)NC(O)(O)O)c(OC)c21. The normalized spacial score (nSPS) is 11.3. The van der Waals surface area contributed by atoms with Crippen molar-refractivity contribution in [1.29, 1.82) is 0 Å². The highest BCUT2D eigenvalue weighted by atomic mass is 16.7. The Bertz CT molecular complexity index is 1140. The number of benzene rings is 1. The Balaban J connectivity index is 2.10. The molecule has 0 radical (unpaired) electrons. The molecule has 1 aromatic carbocycles. The van der Waals surface area contributed by atoms with Crippen molar-refractivity contribution in [3.8, 4) is 5.75 Å². The molecule has 0 aliphatic rings. The Kier molecular flexibility index (Phi) is 6.06. The number of methoxy groups -OCH3 is 1. The number of aromatic nitrogens is 3. The first-order valence-corrected chi connectivity index (χ1v) is 9.19. The van der Waals surface area contributed by atoms with Crippen LogP contribution in [0.5, 0.6) is 5.75 Å². The van der Waals surface area contributed by atoms with Crippen molar-refractivity contribution < 1.29 is 29.6 Å². The third kappa shape index (κ3) is 4.88. The van der Waals surface area contributed by atoms with Crippen molar-refractivity contribution in [2.75, 3.05) is 17.7 Å². The average Bonchev–Trinajstić information content (AvgIpc) is 3.09. The van der Waals surface area contributed by atoms with Gasteiger partial charge in [0.1, 0.15) is 11.3 Å². The second-order valence-corrected chi connectivity index (χ2v) is 6.56. The minimum absolute atomic E-state index is 0.137. The predicted molar refractivity (Wildman–Crippen MR) is 111 cm³/mol. The van der Waals surface area contributed by atoms with Gasteiger partial charge in [-0.3, -0.25) is 19.6 Å². The summed E-state index contributed by atoms with van der Waals surface area (Å²) in [6, 6.07) is 4.91. The van der Waals surface area contributed by atoms with E-state index >= 15 is 0 Å². The van der Waals surface area contributed by atoms with E-state index in [1.54, 1.807) is 22.3 Å². The van der Waals surface area contributed by atoms with Crippen molar-refractivity contribution in [3.63, 3.8) is 0 Å². The van der Waals surface area contributed by atoms with Crippen molar-refractivity contribution in [2.24, 2.45) is 0 Å². The van der Waals surface area contributed by atoms with Gasteiger partial charge in [-0.25, -0.2) is 4.98 Å². The van der Waals surface area contributed by atoms with Crippen LogP contribution in [0.1, 0.15) is 24.2 Å². The molecule has 31 heavy (non-hydrogen) atoms. The van der Waals surface area contributed by atoms with Crippen LogP contribution in [0.2, 0.25) is 0 Å².